The molecule has 1 fully saturated rings. The lowest BCUT2D eigenvalue weighted by Crippen LogP contribution is -2.47. The summed E-state index contributed by atoms with van der Waals surface area (Å²) in [6.45, 7) is 3.25. The van der Waals surface area contributed by atoms with Gasteiger partial charge in [-0.25, -0.2) is 4.39 Å². The van der Waals surface area contributed by atoms with Crippen molar-refractivity contribution >= 4 is 22.3 Å². The van der Waals surface area contributed by atoms with Gasteiger partial charge in [0, 0.05) is 31.6 Å². The van der Waals surface area contributed by atoms with Gasteiger partial charge < -0.3 is 9.80 Å². The topological polar surface area (TPSA) is 32.3 Å². The van der Waals surface area contributed by atoms with Crippen molar-refractivity contribution in [3.8, 4) is 0 Å². The number of piperazine rings is 1. The zero-order valence-electron chi connectivity index (χ0n) is 12.7. The molecule has 0 radical (unpaired) electrons. The molecule has 3 aromatic rings. The summed E-state index contributed by atoms with van der Waals surface area (Å²) in [5, 5.41) is 9.40. The van der Waals surface area contributed by atoms with Crippen molar-refractivity contribution in [3.63, 3.8) is 0 Å². The highest BCUT2D eigenvalue weighted by Gasteiger charge is 2.20. The summed E-state index contributed by atoms with van der Waals surface area (Å²) >= 11 is 0. The Balaban J connectivity index is 1.57. The molecule has 1 saturated heterocycles. The molecule has 5 heteroatoms. The molecule has 1 aliphatic rings. The highest BCUT2D eigenvalue weighted by molar-refractivity contribution is 5.90. The molecule has 4 nitrogen and oxygen atoms in total. The number of para-hydroxylation sites is 1. The van der Waals surface area contributed by atoms with E-state index >= 15 is 0 Å². The number of nitrogens with zero attached hydrogens (tertiary/aromatic N) is 4. The zero-order valence-corrected chi connectivity index (χ0v) is 12.7. The van der Waals surface area contributed by atoms with Gasteiger partial charge in [0.15, 0.2) is 0 Å². The minimum atomic E-state index is -0.156. The van der Waals surface area contributed by atoms with Gasteiger partial charge in [-0.1, -0.05) is 30.3 Å². The van der Waals surface area contributed by atoms with E-state index in [1.54, 1.807) is 6.07 Å². The maximum Gasteiger partial charge on any atom is 0.146 e. The van der Waals surface area contributed by atoms with Crippen LogP contribution in [0.1, 0.15) is 0 Å². The number of hydrogen-bond acceptors (Lipinski definition) is 4. The first-order valence-electron chi connectivity index (χ1n) is 7.78. The van der Waals surface area contributed by atoms with Crippen LogP contribution in [0.25, 0.3) is 10.9 Å². The van der Waals surface area contributed by atoms with Crippen molar-refractivity contribution in [2.45, 2.75) is 0 Å². The van der Waals surface area contributed by atoms with Gasteiger partial charge in [-0.15, -0.1) is 0 Å². The van der Waals surface area contributed by atoms with Gasteiger partial charge in [0.05, 0.1) is 23.1 Å². The van der Waals surface area contributed by atoms with Gasteiger partial charge in [0.25, 0.3) is 0 Å². The predicted octanol–water partition coefficient (Wildman–Crippen LogP) is 3.10. The summed E-state index contributed by atoms with van der Waals surface area (Å²) in [6.07, 6.45) is 1.82. The van der Waals surface area contributed by atoms with Crippen molar-refractivity contribution in [2.75, 3.05) is 36.0 Å². The molecule has 2 aromatic carbocycles. The highest BCUT2D eigenvalue weighted by atomic mass is 19.1. The molecule has 0 atom stereocenters. The Morgan fingerprint density at radius 2 is 1.43 bits per heavy atom. The van der Waals surface area contributed by atoms with Crippen LogP contribution in [-0.4, -0.2) is 36.4 Å². The van der Waals surface area contributed by atoms with E-state index < -0.39 is 0 Å². The lowest BCUT2D eigenvalue weighted by molar-refractivity contribution is 0.598. The van der Waals surface area contributed by atoms with Crippen LogP contribution in [0.15, 0.2) is 54.7 Å². The molecule has 1 aliphatic heterocycles. The Morgan fingerprint density at radius 3 is 2.22 bits per heavy atom. The lowest BCUT2D eigenvalue weighted by atomic mass is 10.1. The summed E-state index contributed by atoms with van der Waals surface area (Å²) in [7, 11) is 0. The van der Waals surface area contributed by atoms with Crippen molar-refractivity contribution in [3.05, 3.63) is 60.5 Å². The third-order valence-corrected chi connectivity index (χ3v) is 4.34. The maximum atomic E-state index is 13.9. The van der Waals surface area contributed by atoms with Gasteiger partial charge >= 0.3 is 0 Å². The average molecular weight is 308 g/mol. The molecule has 0 N–H and O–H groups in total. The largest absolute Gasteiger partial charge is 0.366 e. The number of benzene rings is 2. The quantitative estimate of drug-likeness (QED) is 0.728. The molecule has 0 saturated carbocycles. The minimum absolute atomic E-state index is 0.156. The number of hydrogen-bond donors (Lipinski definition) is 0. The fourth-order valence-electron chi connectivity index (χ4n) is 3.14. The van der Waals surface area contributed by atoms with E-state index in [1.165, 1.54) is 6.07 Å². The van der Waals surface area contributed by atoms with Crippen molar-refractivity contribution in [1.82, 2.24) is 10.2 Å². The van der Waals surface area contributed by atoms with Gasteiger partial charge in [0.2, 0.25) is 0 Å². The third kappa shape index (κ3) is 2.59. The SMILES string of the molecule is Fc1ccccc1N1CCN(c2cnnc3ccccc23)CC1. The van der Waals surface area contributed by atoms with Gasteiger partial charge in [0.1, 0.15) is 5.82 Å². The first-order valence-corrected chi connectivity index (χ1v) is 7.78. The highest BCUT2D eigenvalue weighted by Crippen LogP contribution is 2.27. The second kappa shape index (κ2) is 5.83. The van der Waals surface area contributed by atoms with E-state index in [2.05, 4.69) is 26.1 Å². The van der Waals surface area contributed by atoms with E-state index in [4.69, 9.17) is 0 Å². The van der Waals surface area contributed by atoms with E-state index in [0.29, 0.717) is 5.69 Å². The summed E-state index contributed by atoms with van der Waals surface area (Å²) in [6, 6.07) is 15.0. The van der Waals surface area contributed by atoms with Crippen molar-refractivity contribution in [2.24, 2.45) is 0 Å². The summed E-state index contributed by atoms with van der Waals surface area (Å²) < 4.78 is 13.9. The molecule has 0 bridgehead atoms. The Hall–Kier alpha value is -2.69. The Bertz CT molecular complexity index is 823. The molecule has 2 heterocycles. The van der Waals surface area contributed by atoms with Crippen LogP contribution >= 0.6 is 0 Å². The monoisotopic (exact) mass is 308 g/mol. The van der Waals surface area contributed by atoms with Crippen LogP contribution in [0.5, 0.6) is 0 Å². The Kier molecular flexibility index (Phi) is 3.54. The summed E-state index contributed by atoms with van der Waals surface area (Å²) in [4.78, 5) is 4.40. The number of halogens is 1. The van der Waals surface area contributed by atoms with Crippen LogP contribution in [0, 0.1) is 5.82 Å². The number of fused-ring (bicyclic) bond motifs is 1. The third-order valence-electron chi connectivity index (χ3n) is 4.34. The second-order valence-electron chi connectivity index (χ2n) is 5.67. The number of aromatic nitrogens is 2. The van der Waals surface area contributed by atoms with Crippen molar-refractivity contribution < 1.29 is 4.39 Å². The Labute approximate surface area is 134 Å². The molecule has 0 spiro atoms. The average Bonchev–Trinajstić information content (AvgIpc) is 2.62. The predicted molar refractivity (Wildman–Crippen MR) is 90.4 cm³/mol. The summed E-state index contributed by atoms with van der Waals surface area (Å²) in [5.41, 5.74) is 2.69. The van der Waals surface area contributed by atoms with Gasteiger partial charge in [-0.3, -0.25) is 0 Å². The number of anilines is 2. The van der Waals surface area contributed by atoms with Crippen LogP contribution < -0.4 is 9.80 Å². The molecular formula is C18H17FN4. The zero-order chi connectivity index (χ0) is 15.6. The molecule has 116 valence electrons. The number of rotatable bonds is 2. The van der Waals surface area contributed by atoms with E-state index in [0.717, 1.165) is 42.8 Å². The van der Waals surface area contributed by atoms with Gasteiger partial charge in [-0.2, -0.15) is 10.2 Å². The molecule has 4 rings (SSSR count). The minimum Gasteiger partial charge on any atom is -0.366 e. The van der Waals surface area contributed by atoms with Crippen LogP contribution in [-0.2, 0) is 0 Å². The first kappa shape index (κ1) is 13.9. The van der Waals surface area contributed by atoms with Crippen molar-refractivity contribution in [1.29, 1.82) is 0 Å². The molecule has 0 unspecified atom stereocenters. The normalized spacial score (nSPS) is 15.2. The second-order valence-corrected chi connectivity index (χ2v) is 5.67. The van der Waals surface area contributed by atoms with Crippen LogP contribution in [0.4, 0.5) is 15.8 Å². The maximum absolute atomic E-state index is 13.9. The van der Waals surface area contributed by atoms with Gasteiger partial charge in [-0.05, 0) is 18.2 Å². The Morgan fingerprint density at radius 1 is 0.783 bits per heavy atom. The van der Waals surface area contributed by atoms with Crippen LogP contribution in [0.2, 0.25) is 0 Å². The standard InChI is InChI=1S/C18H17FN4/c19-15-6-2-4-8-17(15)22-9-11-23(12-10-22)18-13-20-21-16-7-3-1-5-14(16)18/h1-8,13H,9-12H2. The van der Waals surface area contributed by atoms with E-state index in [-0.39, 0.29) is 5.82 Å². The fourth-order valence-corrected chi connectivity index (χ4v) is 3.14. The molecular weight excluding hydrogens is 291 g/mol. The molecule has 23 heavy (non-hydrogen) atoms. The summed E-state index contributed by atoms with van der Waals surface area (Å²) in [5.74, 6) is -0.156. The van der Waals surface area contributed by atoms with Crippen LogP contribution in [0.3, 0.4) is 0 Å². The molecule has 1 aromatic heterocycles. The first-order chi connectivity index (χ1) is 11.3. The van der Waals surface area contributed by atoms with E-state index in [1.807, 2.05) is 36.5 Å². The molecule has 0 amide bonds. The molecule has 0 aliphatic carbocycles. The fraction of sp³-hybridized carbons (Fsp3) is 0.222. The lowest BCUT2D eigenvalue weighted by Gasteiger charge is -2.37. The smallest absolute Gasteiger partial charge is 0.146 e. The van der Waals surface area contributed by atoms with E-state index in [9.17, 15) is 4.39 Å².